The number of hydrogen-bond donors (Lipinski definition) is 1. The zero-order valence-electron chi connectivity index (χ0n) is 18.3. The van der Waals surface area contributed by atoms with Gasteiger partial charge in [0, 0.05) is 30.1 Å². The minimum atomic E-state index is -4.36. The Morgan fingerprint density at radius 1 is 0.886 bits per heavy atom. The number of aromatic amines is 1. The van der Waals surface area contributed by atoms with Crippen molar-refractivity contribution in [1.29, 1.82) is 0 Å². The Hall–Kier alpha value is -3.76. The van der Waals surface area contributed by atoms with Gasteiger partial charge in [0.1, 0.15) is 29.7 Å². The SMILES string of the molecule is O=c1[nH]c2cc3c(cc2cc1CN(Cc1ccc(F)cc1)S(=O)(=O)c1ccccc1F)OCCO3. The molecule has 0 saturated carbocycles. The second-order valence-electron chi connectivity index (χ2n) is 8.04. The molecule has 3 aromatic carbocycles. The fraction of sp³-hybridized carbons (Fsp3) is 0.160. The number of aromatic nitrogens is 1. The van der Waals surface area contributed by atoms with E-state index in [9.17, 15) is 22.0 Å². The molecule has 1 aromatic heterocycles. The molecule has 0 saturated heterocycles. The maximum atomic E-state index is 14.5. The molecule has 0 spiro atoms. The Morgan fingerprint density at radius 3 is 2.29 bits per heavy atom. The number of halogens is 2. The van der Waals surface area contributed by atoms with Crippen molar-refractivity contribution in [3.63, 3.8) is 0 Å². The quantitative estimate of drug-likeness (QED) is 0.435. The van der Waals surface area contributed by atoms with Crippen LogP contribution >= 0.6 is 0 Å². The lowest BCUT2D eigenvalue weighted by molar-refractivity contribution is 0.172. The van der Waals surface area contributed by atoms with E-state index in [0.717, 1.165) is 16.4 Å². The van der Waals surface area contributed by atoms with Crippen LogP contribution in [-0.4, -0.2) is 30.9 Å². The van der Waals surface area contributed by atoms with Gasteiger partial charge in [-0.3, -0.25) is 4.79 Å². The van der Waals surface area contributed by atoms with Crippen molar-refractivity contribution in [2.24, 2.45) is 0 Å². The Balaban J connectivity index is 1.57. The van der Waals surface area contributed by atoms with Crippen molar-refractivity contribution in [3.8, 4) is 11.5 Å². The summed E-state index contributed by atoms with van der Waals surface area (Å²) in [6, 6.07) is 15.2. The zero-order valence-corrected chi connectivity index (χ0v) is 19.1. The molecule has 7 nitrogen and oxygen atoms in total. The number of fused-ring (bicyclic) bond motifs is 2. The van der Waals surface area contributed by atoms with Crippen LogP contribution in [-0.2, 0) is 23.1 Å². The molecule has 35 heavy (non-hydrogen) atoms. The summed E-state index contributed by atoms with van der Waals surface area (Å²) in [6.07, 6.45) is 0. The van der Waals surface area contributed by atoms with Crippen molar-refractivity contribution in [2.45, 2.75) is 18.0 Å². The molecule has 1 aliphatic rings. The van der Waals surface area contributed by atoms with Crippen molar-refractivity contribution >= 4 is 20.9 Å². The van der Waals surface area contributed by atoms with Crippen LogP contribution in [0.3, 0.4) is 0 Å². The number of pyridine rings is 1. The number of benzene rings is 3. The summed E-state index contributed by atoms with van der Waals surface area (Å²) in [5.41, 5.74) is 0.631. The van der Waals surface area contributed by atoms with E-state index < -0.39 is 32.1 Å². The Kier molecular flexibility index (Phi) is 6.00. The van der Waals surface area contributed by atoms with E-state index in [2.05, 4.69) is 4.98 Å². The highest BCUT2D eigenvalue weighted by Gasteiger charge is 2.28. The van der Waals surface area contributed by atoms with Crippen molar-refractivity contribution in [1.82, 2.24) is 9.29 Å². The number of rotatable bonds is 6. The second kappa shape index (κ2) is 9.12. The smallest absolute Gasteiger partial charge is 0.252 e. The number of nitrogens with one attached hydrogen (secondary N) is 1. The molecular formula is C25H20F2N2O5S. The van der Waals surface area contributed by atoms with Gasteiger partial charge in [-0.25, -0.2) is 17.2 Å². The molecule has 0 fully saturated rings. The second-order valence-corrected chi connectivity index (χ2v) is 9.94. The predicted molar refractivity (Wildman–Crippen MR) is 125 cm³/mol. The van der Waals surface area contributed by atoms with Gasteiger partial charge in [0.15, 0.2) is 11.5 Å². The Labute approximate surface area is 199 Å². The molecule has 180 valence electrons. The molecule has 5 rings (SSSR count). The molecule has 0 radical (unpaired) electrons. The summed E-state index contributed by atoms with van der Waals surface area (Å²) in [5, 5.41) is 0.619. The van der Waals surface area contributed by atoms with Crippen LogP contribution in [0.4, 0.5) is 8.78 Å². The summed E-state index contributed by atoms with van der Waals surface area (Å²) in [7, 11) is -4.36. The van der Waals surface area contributed by atoms with Crippen molar-refractivity contribution in [3.05, 3.63) is 99.8 Å². The van der Waals surface area contributed by atoms with Crippen molar-refractivity contribution in [2.75, 3.05) is 13.2 Å². The van der Waals surface area contributed by atoms with E-state index in [-0.39, 0.29) is 18.7 Å². The third-order valence-electron chi connectivity index (χ3n) is 5.66. The van der Waals surface area contributed by atoms with E-state index in [1.165, 1.54) is 36.4 Å². The minimum Gasteiger partial charge on any atom is -0.486 e. The monoisotopic (exact) mass is 498 g/mol. The van der Waals surface area contributed by atoms with Crippen LogP contribution < -0.4 is 15.0 Å². The number of sulfonamides is 1. The number of nitrogens with zero attached hydrogens (tertiary/aromatic N) is 1. The number of H-pyrrole nitrogens is 1. The Morgan fingerprint density at radius 2 is 1.57 bits per heavy atom. The fourth-order valence-corrected chi connectivity index (χ4v) is 5.38. The molecule has 0 aliphatic carbocycles. The summed E-state index contributed by atoms with van der Waals surface area (Å²) in [5.74, 6) is -0.360. The first kappa shape index (κ1) is 23.0. The molecule has 4 aromatic rings. The molecule has 2 heterocycles. The van der Waals surface area contributed by atoms with Crippen LogP contribution in [0.15, 0.2) is 76.4 Å². The highest BCUT2D eigenvalue weighted by molar-refractivity contribution is 7.89. The molecule has 0 unspecified atom stereocenters. The number of ether oxygens (including phenoxy) is 2. The summed E-state index contributed by atoms with van der Waals surface area (Å²) in [4.78, 5) is 15.1. The topological polar surface area (TPSA) is 88.7 Å². The highest BCUT2D eigenvalue weighted by atomic mass is 32.2. The lowest BCUT2D eigenvalue weighted by Crippen LogP contribution is -2.33. The predicted octanol–water partition coefficient (Wildman–Crippen LogP) is 3.97. The third kappa shape index (κ3) is 4.62. The maximum Gasteiger partial charge on any atom is 0.252 e. The summed E-state index contributed by atoms with van der Waals surface area (Å²) < 4.78 is 66.9. The number of hydrogen-bond acceptors (Lipinski definition) is 5. The van der Waals surface area contributed by atoms with Crippen LogP contribution in [0.5, 0.6) is 11.5 Å². The van der Waals surface area contributed by atoms with Gasteiger partial charge in [0.25, 0.3) is 5.56 Å². The normalized spacial score (nSPS) is 13.3. The van der Waals surface area contributed by atoms with Gasteiger partial charge in [0.2, 0.25) is 10.0 Å². The molecule has 0 amide bonds. The van der Waals surface area contributed by atoms with E-state index >= 15 is 0 Å². The van der Waals surface area contributed by atoms with E-state index in [1.807, 2.05) is 0 Å². The lowest BCUT2D eigenvalue weighted by Gasteiger charge is -2.23. The summed E-state index contributed by atoms with van der Waals surface area (Å²) >= 11 is 0. The minimum absolute atomic E-state index is 0.149. The lowest BCUT2D eigenvalue weighted by atomic mass is 10.1. The van der Waals surface area contributed by atoms with Gasteiger partial charge >= 0.3 is 0 Å². The van der Waals surface area contributed by atoms with Crippen LogP contribution in [0.1, 0.15) is 11.1 Å². The van der Waals surface area contributed by atoms with Crippen LogP contribution in [0, 0.1) is 11.6 Å². The first-order valence-corrected chi connectivity index (χ1v) is 12.2. The van der Waals surface area contributed by atoms with Crippen molar-refractivity contribution < 1.29 is 26.7 Å². The van der Waals surface area contributed by atoms with E-state index in [0.29, 0.717) is 41.2 Å². The molecule has 0 atom stereocenters. The molecule has 10 heteroatoms. The first-order chi connectivity index (χ1) is 16.8. The maximum absolute atomic E-state index is 14.5. The van der Waals surface area contributed by atoms with Gasteiger partial charge < -0.3 is 14.5 Å². The standard InChI is InChI=1S/C25H20F2N2O5S/c26-19-7-5-16(6-8-19)14-29(35(31,32)24-4-2-1-3-20(24)27)15-18-11-17-12-22-23(34-10-9-33-22)13-21(17)28-25(18)30/h1-8,11-13H,9-10,14-15H2,(H,28,30). The van der Waals surface area contributed by atoms with E-state index in [1.54, 1.807) is 18.2 Å². The van der Waals surface area contributed by atoms with Crippen LogP contribution in [0.25, 0.3) is 10.9 Å². The summed E-state index contributed by atoms with van der Waals surface area (Å²) in [6.45, 7) is 0.247. The zero-order chi connectivity index (χ0) is 24.6. The van der Waals surface area contributed by atoms with Gasteiger partial charge in [-0.1, -0.05) is 24.3 Å². The molecule has 0 bridgehead atoms. The average molecular weight is 499 g/mol. The molecular weight excluding hydrogens is 478 g/mol. The van der Waals surface area contributed by atoms with Crippen LogP contribution in [0.2, 0.25) is 0 Å². The molecule has 1 N–H and O–H groups in total. The average Bonchev–Trinajstić information content (AvgIpc) is 2.84. The van der Waals surface area contributed by atoms with Gasteiger partial charge in [-0.15, -0.1) is 0 Å². The largest absolute Gasteiger partial charge is 0.486 e. The molecule has 1 aliphatic heterocycles. The fourth-order valence-electron chi connectivity index (χ4n) is 3.91. The highest BCUT2D eigenvalue weighted by Crippen LogP contribution is 2.34. The third-order valence-corrected chi connectivity index (χ3v) is 7.48. The Bertz CT molecular complexity index is 1570. The van der Waals surface area contributed by atoms with Gasteiger partial charge in [0.05, 0.1) is 5.52 Å². The van der Waals surface area contributed by atoms with Gasteiger partial charge in [-0.2, -0.15) is 4.31 Å². The van der Waals surface area contributed by atoms with E-state index in [4.69, 9.17) is 9.47 Å². The first-order valence-electron chi connectivity index (χ1n) is 10.8. The van der Waals surface area contributed by atoms with Gasteiger partial charge in [-0.05, 0) is 42.0 Å².